The van der Waals surface area contributed by atoms with Gasteiger partial charge >= 0.3 is 0 Å². The number of nitrogens with zero attached hydrogens (tertiary/aromatic N) is 2. The predicted octanol–water partition coefficient (Wildman–Crippen LogP) is 4.73. The largest absolute Gasteiger partial charge is 0.301 e. The Labute approximate surface area is 157 Å². The molecule has 3 nitrogen and oxygen atoms in total. The van der Waals surface area contributed by atoms with Crippen molar-refractivity contribution in [3.05, 3.63) is 58.1 Å². The number of hydrogen-bond donors (Lipinski definition) is 0. The first kappa shape index (κ1) is 17.4. The molecule has 1 saturated heterocycles. The minimum absolute atomic E-state index is 0.0505. The molecular formula is C21H20ClFN2O. The molecule has 0 spiro atoms. The summed E-state index contributed by atoms with van der Waals surface area (Å²) in [6.45, 7) is 4.41. The maximum absolute atomic E-state index is 14.5. The Hall–Kier alpha value is -2.04. The van der Waals surface area contributed by atoms with Gasteiger partial charge in [-0.3, -0.25) is 4.79 Å². The Morgan fingerprint density at radius 1 is 1.23 bits per heavy atom. The molecule has 134 valence electrons. The van der Waals surface area contributed by atoms with Crippen molar-refractivity contribution in [2.45, 2.75) is 25.4 Å². The molecule has 1 amide bonds. The van der Waals surface area contributed by atoms with Crippen LogP contribution in [0.25, 0.3) is 11.1 Å². The van der Waals surface area contributed by atoms with Gasteiger partial charge in [0.1, 0.15) is 6.17 Å². The van der Waals surface area contributed by atoms with E-state index in [1.54, 1.807) is 0 Å². The Morgan fingerprint density at radius 3 is 2.69 bits per heavy atom. The van der Waals surface area contributed by atoms with Crippen LogP contribution < -0.4 is 0 Å². The van der Waals surface area contributed by atoms with Crippen molar-refractivity contribution in [1.29, 1.82) is 0 Å². The van der Waals surface area contributed by atoms with Crippen molar-refractivity contribution in [3.8, 4) is 11.1 Å². The van der Waals surface area contributed by atoms with Gasteiger partial charge < -0.3 is 4.90 Å². The van der Waals surface area contributed by atoms with Gasteiger partial charge in [0.25, 0.3) is 5.91 Å². The summed E-state index contributed by atoms with van der Waals surface area (Å²) in [5.74, 6) is -0.311. The molecule has 1 fully saturated rings. The average Bonchev–Trinajstić information content (AvgIpc) is 3.03. The average molecular weight is 371 g/mol. The second-order valence-electron chi connectivity index (χ2n) is 6.91. The fraction of sp³-hybridized carbons (Fsp3) is 0.333. The number of aliphatic imine (C=N–C) groups is 1. The molecule has 2 aliphatic rings. The number of halogens is 2. The van der Waals surface area contributed by atoms with Gasteiger partial charge in [-0.2, -0.15) is 0 Å². The summed E-state index contributed by atoms with van der Waals surface area (Å²) in [6.07, 6.45) is 1.51. The molecule has 0 aliphatic carbocycles. The van der Waals surface area contributed by atoms with Crippen molar-refractivity contribution in [2.24, 2.45) is 4.99 Å². The van der Waals surface area contributed by atoms with Gasteiger partial charge in [-0.15, -0.1) is 0 Å². The molecule has 4 rings (SSSR count). The number of fused-ring (bicyclic) bond motifs is 1. The Kier molecular flexibility index (Phi) is 4.63. The topological polar surface area (TPSA) is 32.7 Å². The highest BCUT2D eigenvalue weighted by Gasteiger charge is 2.29. The van der Waals surface area contributed by atoms with Crippen LogP contribution in [0.4, 0.5) is 4.39 Å². The number of piperidine rings is 1. The van der Waals surface area contributed by atoms with Crippen molar-refractivity contribution in [3.63, 3.8) is 0 Å². The van der Waals surface area contributed by atoms with Crippen LogP contribution in [0.3, 0.4) is 0 Å². The summed E-state index contributed by atoms with van der Waals surface area (Å²) in [5.41, 5.74) is 4.08. The van der Waals surface area contributed by atoms with E-state index in [1.807, 2.05) is 36.4 Å². The minimum atomic E-state index is -0.834. The molecule has 0 saturated carbocycles. The fourth-order valence-corrected chi connectivity index (χ4v) is 4.11. The number of carbonyl (C=O) groups is 1. The molecular weight excluding hydrogens is 351 g/mol. The Bertz CT molecular complexity index is 878. The van der Waals surface area contributed by atoms with Crippen LogP contribution in [-0.2, 0) is 0 Å². The van der Waals surface area contributed by atoms with E-state index in [-0.39, 0.29) is 11.8 Å². The quantitative estimate of drug-likeness (QED) is 0.782. The summed E-state index contributed by atoms with van der Waals surface area (Å²) < 4.78 is 14.5. The van der Waals surface area contributed by atoms with Gasteiger partial charge in [0.05, 0.1) is 10.6 Å². The normalized spacial score (nSPS) is 22.7. The van der Waals surface area contributed by atoms with Gasteiger partial charge in [-0.25, -0.2) is 9.38 Å². The summed E-state index contributed by atoms with van der Waals surface area (Å²) in [4.78, 5) is 17.8. The molecule has 5 heteroatoms. The number of hydrogen-bond acceptors (Lipinski definition) is 2. The maximum Gasteiger partial charge on any atom is 0.277 e. The van der Waals surface area contributed by atoms with E-state index in [0.717, 1.165) is 36.2 Å². The van der Waals surface area contributed by atoms with Crippen molar-refractivity contribution >= 4 is 23.7 Å². The highest BCUT2D eigenvalue weighted by Crippen LogP contribution is 2.34. The maximum atomic E-state index is 14.5. The summed E-state index contributed by atoms with van der Waals surface area (Å²) in [5, 5.41) is 0.520. The smallest absolute Gasteiger partial charge is 0.277 e. The number of carbonyl (C=O) groups excluding carboxylic acids is 1. The molecule has 0 unspecified atom stereocenters. The lowest BCUT2D eigenvalue weighted by Crippen LogP contribution is -2.40. The van der Waals surface area contributed by atoms with Crippen molar-refractivity contribution in [2.75, 3.05) is 19.6 Å². The lowest BCUT2D eigenvalue weighted by atomic mass is 9.87. The molecule has 2 heterocycles. The summed E-state index contributed by atoms with van der Waals surface area (Å²) >= 11 is 6.29. The standard InChI is InChI=1S/C21H20ClFN2O/c1-2-25-8-7-16(20(23)12-25)14-5-3-13(4-6-14)15-9-17-18(19(22)10-15)11-24-21(17)26/h3-6,9-11,16,20H,2,7-8,12H2,1H3/t16-,20+/m0/s1. The monoisotopic (exact) mass is 370 g/mol. The molecule has 0 aromatic heterocycles. The van der Waals surface area contributed by atoms with Crippen LogP contribution in [0.5, 0.6) is 0 Å². The third-order valence-corrected chi connectivity index (χ3v) is 5.73. The third kappa shape index (κ3) is 3.08. The van der Waals surface area contributed by atoms with Crippen molar-refractivity contribution in [1.82, 2.24) is 4.90 Å². The van der Waals surface area contributed by atoms with Gasteiger partial charge in [0.2, 0.25) is 0 Å². The van der Waals surface area contributed by atoms with E-state index in [9.17, 15) is 9.18 Å². The third-order valence-electron chi connectivity index (χ3n) is 5.42. The van der Waals surface area contributed by atoms with E-state index in [4.69, 9.17) is 11.6 Å². The van der Waals surface area contributed by atoms with E-state index in [0.29, 0.717) is 22.7 Å². The van der Waals surface area contributed by atoms with Crippen molar-refractivity contribution < 1.29 is 9.18 Å². The highest BCUT2D eigenvalue weighted by molar-refractivity contribution is 6.35. The van der Waals surface area contributed by atoms with E-state index < -0.39 is 6.17 Å². The van der Waals surface area contributed by atoms with Crippen LogP contribution in [0, 0.1) is 0 Å². The number of alkyl halides is 1. The first-order valence-corrected chi connectivity index (χ1v) is 9.33. The van der Waals surface area contributed by atoms with Gasteiger partial charge in [0.15, 0.2) is 0 Å². The molecule has 0 radical (unpaired) electrons. The summed E-state index contributed by atoms with van der Waals surface area (Å²) in [6, 6.07) is 11.6. The van der Waals surface area contributed by atoms with Crippen LogP contribution in [-0.4, -0.2) is 42.8 Å². The Balaban J connectivity index is 1.59. The number of amides is 1. The fourth-order valence-electron chi connectivity index (χ4n) is 3.84. The first-order chi connectivity index (χ1) is 12.6. The van der Waals surface area contributed by atoms with E-state index >= 15 is 0 Å². The van der Waals surface area contributed by atoms with E-state index in [2.05, 4.69) is 16.8 Å². The molecule has 2 aliphatic heterocycles. The summed E-state index contributed by atoms with van der Waals surface area (Å²) in [7, 11) is 0. The molecule has 26 heavy (non-hydrogen) atoms. The molecule has 0 N–H and O–H groups in total. The lowest BCUT2D eigenvalue weighted by molar-refractivity contribution is 0.101. The number of benzene rings is 2. The van der Waals surface area contributed by atoms with Crippen LogP contribution in [0.1, 0.15) is 40.7 Å². The lowest BCUT2D eigenvalue weighted by Gasteiger charge is -2.34. The molecule has 2 aromatic rings. The zero-order valence-corrected chi connectivity index (χ0v) is 15.3. The van der Waals surface area contributed by atoms with Crippen LogP contribution >= 0.6 is 11.6 Å². The minimum Gasteiger partial charge on any atom is -0.301 e. The number of likely N-dealkylation sites (tertiary alicyclic amines) is 1. The first-order valence-electron chi connectivity index (χ1n) is 8.95. The van der Waals surface area contributed by atoms with E-state index in [1.165, 1.54) is 6.21 Å². The van der Waals surface area contributed by atoms with Crippen LogP contribution in [0.2, 0.25) is 5.02 Å². The molecule has 2 aromatic carbocycles. The second kappa shape index (κ2) is 6.93. The second-order valence-corrected chi connectivity index (χ2v) is 7.32. The van der Waals surface area contributed by atoms with Crippen LogP contribution in [0.15, 0.2) is 41.4 Å². The zero-order valence-electron chi connectivity index (χ0n) is 14.6. The number of rotatable bonds is 3. The molecule has 0 bridgehead atoms. The predicted molar refractivity (Wildman–Crippen MR) is 103 cm³/mol. The molecule has 2 atom stereocenters. The highest BCUT2D eigenvalue weighted by atomic mass is 35.5. The van der Waals surface area contributed by atoms with Gasteiger partial charge in [-0.1, -0.05) is 42.8 Å². The van der Waals surface area contributed by atoms with Gasteiger partial charge in [-0.05, 0) is 48.3 Å². The SMILES string of the molecule is CCN1CC[C@@H](c2ccc(-c3cc(Cl)c4c(c3)C(=O)N=C4)cc2)[C@H](F)C1. The van der Waals surface area contributed by atoms with Gasteiger partial charge in [0, 0.05) is 24.2 Å². The zero-order chi connectivity index (χ0) is 18.3. The Morgan fingerprint density at radius 2 is 2.00 bits per heavy atom.